The lowest BCUT2D eigenvalue weighted by Gasteiger charge is -2.06. The average molecular weight is 344 g/mol. The van der Waals surface area contributed by atoms with E-state index in [4.69, 9.17) is 21.1 Å². The normalized spacial score (nSPS) is 10.2. The van der Waals surface area contributed by atoms with Crippen molar-refractivity contribution in [2.45, 2.75) is 12.8 Å². The van der Waals surface area contributed by atoms with Crippen molar-refractivity contribution in [2.75, 3.05) is 24.7 Å². The molecule has 0 aliphatic carbocycles. The number of nitrogen functional groups attached to an aromatic ring is 2. The summed E-state index contributed by atoms with van der Waals surface area (Å²) in [6, 6.07) is 12.8. The van der Waals surface area contributed by atoms with Crippen LogP contribution >= 0.6 is 0 Å². The van der Waals surface area contributed by atoms with Gasteiger partial charge < -0.3 is 16.2 Å². The van der Waals surface area contributed by atoms with Crippen LogP contribution in [0.3, 0.4) is 0 Å². The Hall–Kier alpha value is -3.06. The SMILES string of the molecule is Nc1ccc(C(=O)OCCCCOOC(=O)c2ccc(N)cc2)cc1. The van der Waals surface area contributed by atoms with Crippen molar-refractivity contribution < 1.29 is 24.1 Å². The molecule has 0 amide bonds. The molecular formula is C18H20N2O5. The summed E-state index contributed by atoms with van der Waals surface area (Å²) in [6.45, 7) is 0.457. The van der Waals surface area contributed by atoms with Crippen LogP contribution in [0.1, 0.15) is 33.6 Å². The van der Waals surface area contributed by atoms with Gasteiger partial charge in [0.05, 0.1) is 24.3 Å². The summed E-state index contributed by atoms with van der Waals surface area (Å²) in [4.78, 5) is 32.9. The van der Waals surface area contributed by atoms with E-state index in [1.165, 1.54) is 0 Å². The third-order valence-electron chi connectivity index (χ3n) is 3.28. The summed E-state index contributed by atoms with van der Waals surface area (Å²) in [7, 11) is 0. The Labute approximate surface area is 145 Å². The van der Waals surface area contributed by atoms with E-state index in [2.05, 4.69) is 4.89 Å². The Morgan fingerprint density at radius 3 is 1.76 bits per heavy atom. The number of rotatable bonds is 8. The third kappa shape index (κ3) is 6.15. The molecule has 0 saturated carbocycles. The summed E-state index contributed by atoms with van der Waals surface area (Å²) in [5.74, 6) is -0.995. The highest BCUT2D eigenvalue weighted by Gasteiger charge is 2.08. The Morgan fingerprint density at radius 1 is 0.720 bits per heavy atom. The van der Waals surface area contributed by atoms with Gasteiger partial charge in [-0.25, -0.2) is 9.59 Å². The Bertz CT molecular complexity index is 637. The number of unbranched alkanes of at least 4 members (excludes halogenated alkanes) is 1. The summed E-state index contributed by atoms with van der Waals surface area (Å²) in [5, 5.41) is 0. The molecule has 0 atom stereocenters. The molecule has 0 fully saturated rings. The fourth-order valence-electron chi connectivity index (χ4n) is 1.89. The fourth-order valence-corrected chi connectivity index (χ4v) is 1.89. The number of carbonyl (C=O) groups excluding carboxylic acids is 2. The quantitative estimate of drug-likeness (QED) is 0.249. The second kappa shape index (κ2) is 9.29. The van der Waals surface area contributed by atoms with Gasteiger partial charge in [-0.15, -0.1) is 0 Å². The minimum absolute atomic E-state index is 0.208. The number of anilines is 2. The lowest BCUT2D eigenvalue weighted by Crippen LogP contribution is -2.09. The largest absolute Gasteiger partial charge is 0.462 e. The van der Waals surface area contributed by atoms with Crippen LogP contribution in [0.2, 0.25) is 0 Å². The predicted molar refractivity (Wildman–Crippen MR) is 92.6 cm³/mol. The van der Waals surface area contributed by atoms with Crippen LogP contribution in [0.4, 0.5) is 11.4 Å². The number of carbonyl (C=O) groups is 2. The van der Waals surface area contributed by atoms with Crippen LogP contribution in [0.15, 0.2) is 48.5 Å². The number of esters is 1. The third-order valence-corrected chi connectivity index (χ3v) is 3.28. The van der Waals surface area contributed by atoms with Crippen molar-refractivity contribution in [3.05, 3.63) is 59.7 Å². The van der Waals surface area contributed by atoms with E-state index in [0.717, 1.165) is 0 Å². The first-order valence-corrected chi connectivity index (χ1v) is 7.78. The first kappa shape index (κ1) is 18.3. The molecular weight excluding hydrogens is 324 g/mol. The highest BCUT2D eigenvalue weighted by Crippen LogP contribution is 2.08. The maximum absolute atomic E-state index is 11.7. The van der Waals surface area contributed by atoms with E-state index < -0.39 is 11.9 Å². The second-order valence-corrected chi connectivity index (χ2v) is 5.28. The van der Waals surface area contributed by atoms with E-state index in [1.807, 2.05) is 0 Å². The molecule has 132 valence electrons. The minimum atomic E-state index is -0.588. The molecule has 0 bridgehead atoms. The average Bonchev–Trinajstić information content (AvgIpc) is 2.61. The lowest BCUT2D eigenvalue weighted by molar-refractivity contribution is -0.241. The molecule has 0 saturated heterocycles. The molecule has 7 heteroatoms. The van der Waals surface area contributed by atoms with E-state index in [1.54, 1.807) is 48.5 Å². The highest BCUT2D eigenvalue weighted by atomic mass is 17.2. The van der Waals surface area contributed by atoms with E-state index >= 15 is 0 Å². The van der Waals surface area contributed by atoms with Gasteiger partial charge in [-0.1, -0.05) is 0 Å². The van der Waals surface area contributed by atoms with Crippen molar-refractivity contribution in [1.29, 1.82) is 0 Å². The van der Waals surface area contributed by atoms with Crippen LogP contribution in [0.5, 0.6) is 0 Å². The number of nitrogens with two attached hydrogens (primary N) is 2. The maximum atomic E-state index is 11.7. The molecule has 0 spiro atoms. The van der Waals surface area contributed by atoms with Gasteiger partial charge >= 0.3 is 11.9 Å². The molecule has 7 nitrogen and oxygen atoms in total. The summed E-state index contributed by atoms with van der Waals surface area (Å²) in [5.41, 5.74) is 13.0. The van der Waals surface area contributed by atoms with E-state index in [0.29, 0.717) is 35.3 Å². The molecule has 2 aromatic carbocycles. The topological polar surface area (TPSA) is 114 Å². The molecule has 2 rings (SSSR count). The van der Waals surface area contributed by atoms with E-state index in [9.17, 15) is 9.59 Å². The summed E-state index contributed by atoms with van der Waals surface area (Å²) >= 11 is 0. The standard InChI is InChI=1S/C18H20N2O5/c19-15-7-3-13(4-8-15)17(21)23-11-1-2-12-24-25-18(22)14-5-9-16(20)10-6-14/h3-10H,1-2,11-12,19-20H2. The molecule has 25 heavy (non-hydrogen) atoms. The number of ether oxygens (including phenoxy) is 1. The number of hydrogen-bond acceptors (Lipinski definition) is 7. The summed E-state index contributed by atoms with van der Waals surface area (Å²) in [6.07, 6.45) is 1.16. The van der Waals surface area contributed by atoms with Gasteiger partial charge in [0, 0.05) is 11.4 Å². The van der Waals surface area contributed by atoms with Crippen molar-refractivity contribution in [1.82, 2.24) is 0 Å². The summed E-state index contributed by atoms with van der Waals surface area (Å²) < 4.78 is 5.12. The Kier molecular flexibility index (Phi) is 6.79. The van der Waals surface area contributed by atoms with Gasteiger partial charge in [0.1, 0.15) is 0 Å². The van der Waals surface area contributed by atoms with Crippen LogP contribution in [-0.4, -0.2) is 25.2 Å². The maximum Gasteiger partial charge on any atom is 0.373 e. The van der Waals surface area contributed by atoms with Crippen molar-refractivity contribution in [3.63, 3.8) is 0 Å². The van der Waals surface area contributed by atoms with Crippen molar-refractivity contribution in [3.8, 4) is 0 Å². The molecule has 0 aromatic heterocycles. The van der Waals surface area contributed by atoms with Gasteiger partial charge in [0.25, 0.3) is 0 Å². The Morgan fingerprint density at radius 2 is 1.20 bits per heavy atom. The Balaban J connectivity index is 1.56. The molecule has 0 heterocycles. The second-order valence-electron chi connectivity index (χ2n) is 5.28. The first-order valence-electron chi connectivity index (χ1n) is 7.78. The number of hydrogen-bond donors (Lipinski definition) is 2. The van der Waals surface area contributed by atoms with Gasteiger partial charge in [-0.05, 0) is 61.4 Å². The molecule has 2 aromatic rings. The molecule has 0 radical (unpaired) electrons. The zero-order valence-electron chi connectivity index (χ0n) is 13.6. The van der Waals surface area contributed by atoms with Crippen LogP contribution in [0, 0.1) is 0 Å². The predicted octanol–water partition coefficient (Wildman–Crippen LogP) is 2.58. The van der Waals surface area contributed by atoms with Crippen LogP contribution in [-0.2, 0) is 14.5 Å². The minimum Gasteiger partial charge on any atom is -0.462 e. The monoisotopic (exact) mass is 344 g/mol. The van der Waals surface area contributed by atoms with Crippen LogP contribution in [0.25, 0.3) is 0 Å². The zero-order valence-corrected chi connectivity index (χ0v) is 13.6. The molecule has 4 N–H and O–H groups in total. The van der Waals surface area contributed by atoms with Gasteiger partial charge in [-0.3, -0.25) is 4.89 Å². The van der Waals surface area contributed by atoms with E-state index in [-0.39, 0.29) is 13.2 Å². The highest BCUT2D eigenvalue weighted by molar-refractivity contribution is 5.90. The molecule has 0 unspecified atom stereocenters. The van der Waals surface area contributed by atoms with Gasteiger partial charge in [0.15, 0.2) is 0 Å². The van der Waals surface area contributed by atoms with Crippen molar-refractivity contribution >= 4 is 23.3 Å². The van der Waals surface area contributed by atoms with Gasteiger partial charge in [0.2, 0.25) is 0 Å². The van der Waals surface area contributed by atoms with Crippen molar-refractivity contribution in [2.24, 2.45) is 0 Å². The first-order chi connectivity index (χ1) is 12.1. The lowest BCUT2D eigenvalue weighted by atomic mass is 10.2. The molecule has 0 aliphatic rings. The number of benzene rings is 2. The van der Waals surface area contributed by atoms with Crippen LogP contribution < -0.4 is 11.5 Å². The zero-order chi connectivity index (χ0) is 18.1. The fraction of sp³-hybridized carbons (Fsp3) is 0.222. The van der Waals surface area contributed by atoms with Gasteiger partial charge in [-0.2, -0.15) is 4.89 Å². The molecule has 0 aliphatic heterocycles. The smallest absolute Gasteiger partial charge is 0.373 e.